The van der Waals surface area contributed by atoms with E-state index in [0.717, 1.165) is 16.3 Å². The molecule has 0 fully saturated rings. The molecule has 0 N–H and O–H groups in total. The summed E-state index contributed by atoms with van der Waals surface area (Å²) in [4.78, 5) is 1.10. The first kappa shape index (κ1) is 10.4. The average Bonchev–Trinajstić information content (AvgIpc) is 2.48. The molecular weight excluding hydrogens is 211 g/mol. The quantitative estimate of drug-likeness (QED) is 0.650. The van der Waals surface area contributed by atoms with Gasteiger partial charge in [0.25, 0.3) is 0 Å². The van der Waals surface area contributed by atoms with Gasteiger partial charge in [0.1, 0.15) is 0 Å². The molecule has 0 amide bonds. The van der Waals surface area contributed by atoms with Gasteiger partial charge in [0, 0.05) is 4.88 Å². The van der Waals surface area contributed by atoms with E-state index in [1.54, 1.807) is 11.3 Å². The summed E-state index contributed by atoms with van der Waals surface area (Å²) in [5, 5.41) is 2.86. The van der Waals surface area contributed by atoms with Crippen LogP contribution in [0.5, 0.6) is 0 Å². The Hall–Kier alpha value is 0.280. The molecule has 0 nitrogen and oxygen atoms in total. The molecule has 0 aliphatic carbocycles. The predicted molar refractivity (Wildman–Crippen MR) is 57.4 cm³/mol. The second-order valence-electron chi connectivity index (χ2n) is 2.92. The van der Waals surface area contributed by atoms with Crippen LogP contribution in [-0.2, 0) is 0 Å². The minimum Gasteiger partial charge on any atom is -0.146 e. The lowest BCUT2D eigenvalue weighted by Gasteiger charge is -2.14. The number of hydrogen-bond donors (Lipinski definition) is 0. The summed E-state index contributed by atoms with van der Waals surface area (Å²) >= 11 is 13.8. The number of thiophene rings is 1. The molecule has 12 heavy (non-hydrogen) atoms. The second kappa shape index (κ2) is 4.50. The summed E-state index contributed by atoms with van der Waals surface area (Å²) in [7, 11) is 0. The van der Waals surface area contributed by atoms with Crippen LogP contribution in [0, 0.1) is 5.92 Å². The molecule has 1 rings (SSSR count). The van der Waals surface area contributed by atoms with Crippen molar-refractivity contribution in [3.05, 3.63) is 21.3 Å². The van der Waals surface area contributed by atoms with Gasteiger partial charge in [0.05, 0.1) is 10.4 Å². The monoisotopic (exact) mass is 222 g/mol. The predicted octanol–water partition coefficient (Wildman–Crippen LogP) is 4.73. The maximum Gasteiger partial charge on any atom is 0.0718 e. The van der Waals surface area contributed by atoms with E-state index in [9.17, 15) is 0 Å². The maximum absolute atomic E-state index is 6.23. The van der Waals surface area contributed by atoms with E-state index in [1.807, 2.05) is 11.4 Å². The van der Waals surface area contributed by atoms with Crippen LogP contribution in [-0.4, -0.2) is 0 Å². The normalized spacial score (nSPS) is 16.0. The fourth-order valence-corrected chi connectivity index (χ4v) is 2.76. The number of halogens is 2. The first-order valence-corrected chi connectivity index (χ1v) is 5.73. The Balaban J connectivity index is 2.77. The zero-order chi connectivity index (χ0) is 9.14. The molecule has 0 aliphatic heterocycles. The Morgan fingerprint density at radius 2 is 2.25 bits per heavy atom. The van der Waals surface area contributed by atoms with Gasteiger partial charge in [-0.3, -0.25) is 0 Å². The molecule has 0 spiro atoms. The van der Waals surface area contributed by atoms with E-state index in [0.29, 0.717) is 5.92 Å². The average molecular weight is 223 g/mol. The lowest BCUT2D eigenvalue weighted by atomic mass is 10.0. The van der Waals surface area contributed by atoms with E-state index in [2.05, 4.69) is 13.8 Å². The van der Waals surface area contributed by atoms with Crippen LogP contribution >= 0.6 is 34.5 Å². The van der Waals surface area contributed by atoms with Crippen LogP contribution in [0.3, 0.4) is 0 Å². The van der Waals surface area contributed by atoms with Gasteiger partial charge in [0.2, 0.25) is 0 Å². The maximum atomic E-state index is 6.23. The highest BCUT2D eigenvalue weighted by molar-refractivity contribution is 7.11. The minimum atomic E-state index is 0.0718. The Bertz CT molecular complexity index is 244. The molecule has 1 aromatic rings. The van der Waals surface area contributed by atoms with Crippen molar-refractivity contribution in [1.29, 1.82) is 0 Å². The van der Waals surface area contributed by atoms with Crippen LogP contribution < -0.4 is 0 Å². The third-order valence-corrected chi connectivity index (χ3v) is 4.26. The molecule has 2 atom stereocenters. The summed E-state index contributed by atoms with van der Waals surface area (Å²) in [6.45, 7) is 4.29. The molecule has 0 bridgehead atoms. The summed E-state index contributed by atoms with van der Waals surface area (Å²) in [5.41, 5.74) is 0. The van der Waals surface area contributed by atoms with E-state index in [-0.39, 0.29) is 5.38 Å². The van der Waals surface area contributed by atoms with Gasteiger partial charge < -0.3 is 0 Å². The van der Waals surface area contributed by atoms with Crippen LogP contribution in [0.25, 0.3) is 0 Å². The van der Waals surface area contributed by atoms with Crippen LogP contribution in [0.15, 0.2) is 11.4 Å². The fraction of sp³-hybridized carbons (Fsp3) is 0.556. The largest absolute Gasteiger partial charge is 0.146 e. The molecule has 0 saturated heterocycles. The first-order valence-electron chi connectivity index (χ1n) is 4.03. The molecule has 2 unspecified atom stereocenters. The molecule has 0 radical (unpaired) electrons. The Morgan fingerprint density at radius 1 is 1.58 bits per heavy atom. The van der Waals surface area contributed by atoms with Crippen molar-refractivity contribution in [2.24, 2.45) is 5.92 Å². The van der Waals surface area contributed by atoms with E-state index in [4.69, 9.17) is 23.2 Å². The molecule has 3 heteroatoms. The first-order chi connectivity index (χ1) is 5.66. The Kier molecular flexibility index (Phi) is 3.88. The minimum absolute atomic E-state index is 0.0718. The smallest absolute Gasteiger partial charge is 0.0718 e. The van der Waals surface area contributed by atoms with Crippen molar-refractivity contribution in [2.45, 2.75) is 25.6 Å². The van der Waals surface area contributed by atoms with E-state index < -0.39 is 0 Å². The van der Waals surface area contributed by atoms with Crippen molar-refractivity contribution >= 4 is 34.5 Å². The van der Waals surface area contributed by atoms with E-state index in [1.165, 1.54) is 0 Å². The SMILES string of the molecule is CCC(C)C(Cl)c1sccc1Cl. The summed E-state index contributed by atoms with van der Waals surface area (Å²) in [6, 6.07) is 1.90. The zero-order valence-corrected chi connectivity index (χ0v) is 9.51. The topological polar surface area (TPSA) is 0 Å². The highest BCUT2D eigenvalue weighted by Crippen LogP contribution is 2.38. The lowest BCUT2D eigenvalue weighted by molar-refractivity contribution is 0.547. The van der Waals surface area contributed by atoms with Crippen molar-refractivity contribution in [1.82, 2.24) is 0 Å². The standard InChI is InChI=1S/C9H12Cl2S/c1-3-6(2)8(11)9-7(10)4-5-12-9/h4-6,8H,3H2,1-2H3. The summed E-state index contributed by atoms with van der Waals surface area (Å²) in [6.07, 6.45) is 1.09. The van der Waals surface area contributed by atoms with Crippen molar-refractivity contribution in [3.8, 4) is 0 Å². The Labute approximate surface area is 87.5 Å². The van der Waals surface area contributed by atoms with E-state index >= 15 is 0 Å². The summed E-state index contributed by atoms with van der Waals surface area (Å²) < 4.78 is 0. The van der Waals surface area contributed by atoms with Crippen molar-refractivity contribution in [3.63, 3.8) is 0 Å². The molecule has 1 heterocycles. The van der Waals surface area contributed by atoms with Crippen LogP contribution in [0.2, 0.25) is 5.02 Å². The highest BCUT2D eigenvalue weighted by Gasteiger charge is 2.18. The number of rotatable bonds is 3. The molecule has 1 aromatic heterocycles. The molecular formula is C9H12Cl2S. The van der Waals surface area contributed by atoms with Gasteiger partial charge in [-0.2, -0.15) is 0 Å². The molecule has 0 saturated carbocycles. The van der Waals surface area contributed by atoms with Crippen LogP contribution in [0.4, 0.5) is 0 Å². The van der Waals surface area contributed by atoms with Crippen molar-refractivity contribution < 1.29 is 0 Å². The fourth-order valence-electron chi connectivity index (χ4n) is 0.968. The van der Waals surface area contributed by atoms with Crippen LogP contribution in [0.1, 0.15) is 30.5 Å². The lowest BCUT2D eigenvalue weighted by Crippen LogP contribution is -2.00. The van der Waals surface area contributed by atoms with Gasteiger partial charge in [-0.05, 0) is 17.4 Å². The van der Waals surface area contributed by atoms with Gasteiger partial charge in [0.15, 0.2) is 0 Å². The highest BCUT2D eigenvalue weighted by atomic mass is 35.5. The second-order valence-corrected chi connectivity index (χ2v) is 4.75. The Morgan fingerprint density at radius 3 is 2.67 bits per heavy atom. The molecule has 0 aliphatic rings. The van der Waals surface area contributed by atoms with Gasteiger partial charge in [-0.15, -0.1) is 22.9 Å². The van der Waals surface area contributed by atoms with Gasteiger partial charge in [-0.1, -0.05) is 31.9 Å². The third kappa shape index (κ3) is 2.15. The number of hydrogen-bond acceptors (Lipinski definition) is 1. The molecule has 0 aromatic carbocycles. The zero-order valence-electron chi connectivity index (χ0n) is 7.18. The number of alkyl halides is 1. The van der Waals surface area contributed by atoms with Crippen molar-refractivity contribution in [2.75, 3.05) is 0 Å². The third-order valence-electron chi connectivity index (χ3n) is 2.04. The van der Waals surface area contributed by atoms with Gasteiger partial charge in [-0.25, -0.2) is 0 Å². The molecule has 68 valence electrons. The summed E-state index contributed by atoms with van der Waals surface area (Å²) in [5.74, 6) is 0.489. The van der Waals surface area contributed by atoms with Gasteiger partial charge >= 0.3 is 0 Å².